The van der Waals surface area contributed by atoms with Crippen LogP contribution in [0.25, 0.3) is 16.9 Å². The Bertz CT molecular complexity index is 1190. The summed E-state index contributed by atoms with van der Waals surface area (Å²) < 4.78 is 5.39. The highest BCUT2D eigenvalue weighted by molar-refractivity contribution is 6.04. The first kappa shape index (κ1) is 22.7. The molecule has 0 unspecified atom stereocenters. The molecule has 0 spiro atoms. The smallest absolute Gasteiger partial charge is 0.270 e. The van der Waals surface area contributed by atoms with Gasteiger partial charge in [0.2, 0.25) is 0 Å². The van der Waals surface area contributed by atoms with E-state index in [2.05, 4.69) is 11.6 Å². The van der Waals surface area contributed by atoms with Crippen LogP contribution in [0.1, 0.15) is 32.9 Å². The highest BCUT2D eigenvalue weighted by atomic mass is 16.6. The van der Waals surface area contributed by atoms with Crippen LogP contribution in [-0.4, -0.2) is 34.9 Å². The largest absolute Gasteiger partial charge is 0.497 e. The van der Waals surface area contributed by atoms with Crippen molar-refractivity contribution < 1.29 is 14.5 Å². The first-order valence-electron chi connectivity index (χ1n) is 10.0. The molecule has 2 aromatic carbocycles. The van der Waals surface area contributed by atoms with E-state index in [-0.39, 0.29) is 11.6 Å². The third-order valence-corrected chi connectivity index (χ3v) is 5.25. The lowest BCUT2D eigenvalue weighted by molar-refractivity contribution is -0.384. The summed E-state index contributed by atoms with van der Waals surface area (Å²) in [5.74, 6) is 0.0850. The molecule has 3 aromatic rings. The zero-order valence-corrected chi connectivity index (χ0v) is 18.6. The van der Waals surface area contributed by atoms with Crippen molar-refractivity contribution in [3.63, 3.8) is 0 Å². The van der Waals surface area contributed by atoms with Gasteiger partial charge in [0.25, 0.3) is 11.6 Å². The molecule has 164 valence electrons. The lowest BCUT2D eigenvalue weighted by Crippen LogP contribution is -2.28. The molecule has 0 bridgehead atoms. The molecule has 1 amide bonds. The number of nitrogens with zero attached hydrogens (tertiary/aromatic N) is 3. The number of nitro benzene ring substituents is 1. The predicted molar refractivity (Wildman–Crippen MR) is 124 cm³/mol. The second-order valence-corrected chi connectivity index (χ2v) is 7.49. The van der Waals surface area contributed by atoms with Gasteiger partial charge < -0.3 is 9.64 Å². The standard InChI is InChI=1S/C25H25N3O4/c1-16-22(18(3)32-5)24(20-12-9-13-21(14-20)28(30)31)23(17(2)26-16)25(29)27(4)15-19-10-7-6-8-11-19/h6-14H,3,15H2,1-2,4-5H3. The van der Waals surface area contributed by atoms with Crippen LogP contribution in [-0.2, 0) is 11.3 Å². The van der Waals surface area contributed by atoms with E-state index in [1.807, 2.05) is 30.3 Å². The minimum Gasteiger partial charge on any atom is -0.497 e. The van der Waals surface area contributed by atoms with E-state index in [4.69, 9.17) is 4.74 Å². The average Bonchev–Trinajstić information content (AvgIpc) is 2.78. The first-order chi connectivity index (χ1) is 15.2. The van der Waals surface area contributed by atoms with Crippen LogP contribution in [0, 0.1) is 24.0 Å². The summed E-state index contributed by atoms with van der Waals surface area (Å²) in [5, 5.41) is 11.4. The SMILES string of the molecule is C=C(OC)c1c(C)nc(C)c(C(=O)N(C)Cc2ccccc2)c1-c1cccc([N+](=O)[O-])c1. The highest BCUT2D eigenvalue weighted by Gasteiger charge is 2.27. The molecule has 0 aliphatic carbocycles. The second kappa shape index (κ2) is 9.43. The van der Waals surface area contributed by atoms with Gasteiger partial charge in [-0.1, -0.05) is 49.0 Å². The van der Waals surface area contributed by atoms with Crippen molar-refractivity contribution in [1.82, 2.24) is 9.88 Å². The molecule has 0 saturated carbocycles. The van der Waals surface area contributed by atoms with Gasteiger partial charge in [0, 0.05) is 42.5 Å². The second-order valence-electron chi connectivity index (χ2n) is 7.49. The van der Waals surface area contributed by atoms with Gasteiger partial charge >= 0.3 is 0 Å². The topological polar surface area (TPSA) is 85.6 Å². The van der Waals surface area contributed by atoms with Gasteiger partial charge in [-0.2, -0.15) is 0 Å². The van der Waals surface area contributed by atoms with Gasteiger partial charge in [-0.25, -0.2) is 0 Å². The minimum atomic E-state index is -0.460. The van der Waals surface area contributed by atoms with E-state index in [9.17, 15) is 14.9 Å². The fraction of sp³-hybridized carbons (Fsp3) is 0.200. The number of aryl methyl sites for hydroxylation is 2. The van der Waals surface area contributed by atoms with Gasteiger partial charge in [0.15, 0.2) is 0 Å². The Morgan fingerprint density at radius 2 is 1.75 bits per heavy atom. The number of ether oxygens (including phenoxy) is 1. The van der Waals surface area contributed by atoms with E-state index in [1.54, 1.807) is 37.9 Å². The molecule has 7 heteroatoms. The molecule has 0 radical (unpaired) electrons. The number of amides is 1. The van der Waals surface area contributed by atoms with Crippen molar-refractivity contribution in [2.24, 2.45) is 0 Å². The predicted octanol–water partition coefficient (Wildman–Crippen LogP) is 5.16. The summed E-state index contributed by atoms with van der Waals surface area (Å²) in [6.45, 7) is 7.94. The van der Waals surface area contributed by atoms with Gasteiger partial charge in [-0.05, 0) is 25.0 Å². The maximum Gasteiger partial charge on any atom is 0.270 e. The lowest BCUT2D eigenvalue weighted by Gasteiger charge is -2.23. The van der Waals surface area contributed by atoms with E-state index in [0.717, 1.165) is 5.56 Å². The molecular weight excluding hydrogens is 406 g/mol. The summed E-state index contributed by atoms with van der Waals surface area (Å²) in [6, 6.07) is 15.9. The molecule has 7 nitrogen and oxygen atoms in total. The van der Waals surface area contributed by atoms with E-state index < -0.39 is 4.92 Å². The first-order valence-corrected chi connectivity index (χ1v) is 10.0. The molecule has 0 saturated heterocycles. The molecule has 0 fully saturated rings. The Labute approximate surface area is 187 Å². The fourth-order valence-electron chi connectivity index (χ4n) is 3.74. The molecule has 3 rings (SSSR count). The molecule has 0 N–H and O–H groups in total. The number of pyridine rings is 1. The number of aromatic nitrogens is 1. The summed E-state index contributed by atoms with van der Waals surface area (Å²) in [7, 11) is 3.21. The molecule has 1 heterocycles. The van der Waals surface area contributed by atoms with Crippen LogP contribution < -0.4 is 0 Å². The lowest BCUT2D eigenvalue weighted by atomic mass is 9.90. The molecular formula is C25H25N3O4. The molecule has 0 aliphatic heterocycles. The summed E-state index contributed by atoms with van der Waals surface area (Å²) in [5.41, 5.74) is 4.03. The molecule has 0 aliphatic rings. The van der Waals surface area contributed by atoms with E-state index in [1.165, 1.54) is 19.2 Å². The normalized spacial score (nSPS) is 10.5. The van der Waals surface area contributed by atoms with E-state index in [0.29, 0.717) is 45.9 Å². The van der Waals surface area contributed by atoms with E-state index >= 15 is 0 Å². The molecule has 0 atom stereocenters. The number of hydrogen-bond donors (Lipinski definition) is 0. The van der Waals surface area contributed by atoms with Crippen molar-refractivity contribution in [3.05, 3.63) is 99.4 Å². The number of nitro groups is 1. The minimum absolute atomic E-state index is 0.0698. The number of carbonyl (C=O) groups is 1. The Morgan fingerprint density at radius 1 is 1.09 bits per heavy atom. The van der Waals surface area contributed by atoms with Crippen LogP contribution >= 0.6 is 0 Å². The average molecular weight is 431 g/mol. The van der Waals surface area contributed by atoms with Crippen LogP contribution in [0.4, 0.5) is 5.69 Å². The number of methoxy groups -OCH3 is 1. The monoisotopic (exact) mass is 431 g/mol. The molecule has 1 aromatic heterocycles. The maximum atomic E-state index is 13.6. The van der Waals surface area contributed by atoms with Crippen molar-refractivity contribution in [3.8, 4) is 11.1 Å². The fourth-order valence-corrected chi connectivity index (χ4v) is 3.74. The van der Waals surface area contributed by atoms with Gasteiger partial charge in [-0.15, -0.1) is 0 Å². The number of rotatable bonds is 7. The summed E-state index contributed by atoms with van der Waals surface area (Å²) in [6.07, 6.45) is 0. The zero-order chi connectivity index (χ0) is 23.4. The number of hydrogen-bond acceptors (Lipinski definition) is 5. The third kappa shape index (κ3) is 4.51. The Hall–Kier alpha value is -4.00. The van der Waals surface area contributed by atoms with Gasteiger partial charge in [-0.3, -0.25) is 19.9 Å². The Kier molecular flexibility index (Phi) is 6.68. The molecule has 32 heavy (non-hydrogen) atoms. The van der Waals surface area contributed by atoms with Crippen molar-refractivity contribution >= 4 is 17.4 Å². The van der Waals surface area contributed by atoms with Gasteiger partial charge in [0.1, 0.15) is 5.76 Å². The van der Waals surface area contributed by atoms with Crippen molar-refractivity contribution in [1.29, 1.82) is 0 Å². The Morgan fingerprint density at radius 3 is 2.38 bits per heavy atom. The van der Waals surface area contributed by atoms with Crippen LogP contribution in [0.2, 0.25) is 0 Å². The highest BCUT2D eigenvalue weighted by Crippen LogP contribution is 2.37. The maximum absolute atomic E-state index is 13.6. The summed E-state index contributed by atoms with van der Waals surface area (Å²) in [4.78, 5) is 30.8. The van der Waals surface area contributed by atoms with Crippen molar-refractivity contribution in [2.75, 3.05) is 14.2 Å². The number of carbonyl (C=O) groups excluding carboxylic acids is 1. The van der Waals surface area contributed by atoms with Crippen LogP contribution in [0.5, 0.6) is 0 Å². The van der Waals surface area contributed by atoms with Crippen LogP contribution in [0.3, 0.4) is 0 Å². The van der Waals surface area contributed by atoms with Crippen LogP contribution in [0.15, 0.2) is 61.2 Å². The number of non-ortho nitro benzene ring substituents is 1. The van der Waals surface area contributed by atoms with Gasteiger partial charge in [0.05, 0.1) is 23.3 Å². The summed E-state index contributed by atoms with van der Waals surface area (Å²) >= 11 is 0. The third-order valence-electron chi connectivity index (χ3n) is 5.25. The quantitative estimate of drug-likeness (QED) is 0.293. The van der Waals surface area contributed by atoms with Crippen molar-refractivity contribution in [2.45, 2.75) is 20.4 Å². The number of benzene rings is 2. The zero-order valence-electron chi connectivity index (χ0n) is 18.6. The Balaban J connectivity index is 2.23.